The van der Waals surface area contributed by atoms with Gasteiger partial charge in [-0.15, -0.1) is 0 Å². The zero-order valence-corrected chi connectivity index (χ0v) is 12.0. The van der Waals surface area contributed by atoms with Crippen molar-refractivity contribution in [2.45, 2.75) is 52.7 Å². The molecule has 0 bridgehead atoms. The molecule has 0 saturated carbocycles. The first-order valence-corrected chi connectivity index (χ1v) is 6.52. The average Bonchev–Trinajstić information content (AvgIpc) is 2.32. The first-order chi connectivity index (χ1) is 8.34. The second kappa shape index (κ2) is 6.19. The monoisotopic (exact) mass is 253 g/mol. The van der Waals surface area contributed by atoms with E-state index in [0.717, 1.165) is 13.0 Å². The number of aryl methyl sites for hydroxylation is 1. The number of hydrogen-bond donors (Lipinski definition) is 1. The second-order valence-corrected chi connectivity index (χ2v) is 5.46. The van der Waals surface area contributed by atoms with Gasteiger partial charge in [-0.3, -0.25) is 0 Å². The predicted molar refractivity (Wildman–Crippen MR) is 73.6 cm³/mol. The molecule has 1 aromatic rings. The lowest BCUT2D eigenvalue weighted by Crippen LogP contribution is -2.43. The van der Waals surface area contributed by atoms with Crippen LogP contribution in [0.2, 0.25) is 0 Å². The summed E-state index contributed by atoms with van der Waals surface area (Å²) in [4.78, 5) is 0. The van der Waals surface area contributed by atoms with Crippen molar-refractivity contribution in [3.63, 3.8) is 0 Å². The van der Waals surface area contributed by atoms with Crippen molar-refractivity contribution in [1.82, 2.24) is 5.32 Å². The van der Waals surface area contributed by atoms with E-state index >= 15 is 0 Å². The van der Waals surface area contributed by atoms with Crippen LogP contribution in [0.5, 0.6) is 5.75 Å². The number of benzene rings is 1. The van der Waals surface area contributed by atoms with Crippen LogP contribution in [0.4, 0.5) is 4.39 Å². The highest BCUT2D eigenvalue weighted by Crippen LogP contribution is 2.17. The summed E-state index contributed by atoms with van der Waals surface area (Å²) < 4.78 is 19.1. The molecule has 0 aliphatic carbocycles. The van der Waals surface area contributed by atoms with E-state index in [1.807, 2.05) is 6.92 Å². The maximum atomic E-state index is 13.4. The summed E-state index contributed by atoms with van der Waals surface area (Å²) in [6.45, 7) is 10.9. The standard InChI is InChI=1S/C15H24FNO/c1-6-15(4,5)17-10-12(3)18-13-8-7-11(2)14(16)9-13/h7-9,12,17H,6,10H2,1-5H3. The Bertz CT molecular complexity index is 390. The largest absolute Gasteiger partial charge is 0.489 e. The van der Waals surface area contributed by atoms with E-state index < -0.39 is 0 Å². The molecule has 18 heavy (non-hydrogen) atoms. The van der Waals surface area contributed by atoms with Crippen LogP contribution in [0.15, 0.2) is 18.2 Å². The van der Waals surface area contributed by atoms with Gasteiger partial charge in [-0.25, -0.2) is 4.39 Å². The van der Waals surface area contributed by atoms with Gasteiger partial charge in [0.2, 0.25) is 0 Å². The van der Waals surface area contributed by atoms with Gasteiger partial charge < -0.3 is 10.1 Å². The fourth-order valence-corrected chi connectivity index (χ4v) is 1.47. The second-order valence-electron chi connectivity index (χ2n) is 5.46. The molecule has 1 unspecified atom stereocenters. The third-order valence-corrected chi connectivity index (χ3v) is 3.23. The van der Waals surface area contributed by atoms with Crippen molar-refractivity contribution in [2.75, 3.05) is 6.54 Å². The molecule has 0 amide bonds. The van der Waals surface area contributed by atoms with E-state index in [1.54, 1.807) is 19.1 Å². The van der Waals surface area contributed by atoms with Crippen molar-refractivity contribution in [2.24, 2.45) is 0 Å². The zero-order valence-electron chi connectivity index (χ0n) is 12.0. The molecule has 0 saturated heterocycles. The number of ether oxygens (including phenoxy) is 1. The van der Waals surface area contributed by atoms with E-state index in [4.69, 9.17) is 4.74 Å². The van der Waals surface area contributed by atoms with Gasteiger partial charge >= 0.3 is 0 Å². The van der Waals surface area contributed by atoms with E-state index in [0.29, 0.717) is 11.3 Å². The topological polar surface area (TPSA) is 21.3 Å². The van der Waals surface area contributed by atoms with Crippen LogP contribution in [0.25, 0.3) is 0 Å². The first kappa shape index (κ1) is 15.0. The number of nitrogens with one attached hydrogen (secondary N) is 1. The lowest BCUT2D eigenvalue weighted by atomic mass is 10.0. The number of halogens is 1. The number of rotatable bonds is 6. The molecular weight excluding hydrogens is 229 g/mol. The average molecular weight is 253 g/mol. The summed E-state index contributed by atoms with van der Waals surface area (Å²) in [5, 5.41) is 3.44. The smallest absolute Gasteiger partial charge is 0.129 e. The van der Waals surface area contributed by atoms with Crippen molar-refractivity contribution >= 4 is 0 Å². The quantitative estimate of drug-likeness (QED) is 0.835. The molecule has 1 aromatic carbocycles. The van der Waals surface area contributed by atoms with E-state index in [2.05, 4.69) is 26.1 Å². The lowest BCUT2D eigenvalue weighted by Gasteiger charge is -2.27. The maximum absolute atomic E-state index is 13.4. The summed E-state index contributed by atoms with van der Waals surface area (Å²) in [6.07, 6.45) is 1.07. The van der Waals surface area contributed by atoms with Gasteiger partial charge in [-0.2, -0.15) is 0 Å². The highest BCUT2D eigenvalue weighted by molar-refractivity contribution is 5.28. The molecule has 0 aromatic heterocycles. The van der Waals surface area contributed by atoms with Crippen molar-refractivity contribution in [1.29, 1.82) is 0 Å². The van der Waals surface area contributed by atoms with Crippen molar-refractivity contribution < 1.29 is 9.13 Å². The molecule has 1 N–H and O–H groups in total. The Kier molecular flexibility index (Phi) is 5.15. The van der Waals surface area contributed by atoms with Gasteiger partial charge in [0.05, 0.1) is 0 Å². The van der Waals surface area contributed by atoms with Crippen molar-refractivity contribution in [3.05, 3.63) is 29.6 Å². The van der Waals surface area contributed by atoms with Gasteiger partial charge in [-0.1, -0.05) is 13.0 Å². The molecular formula is C15H24FNO. The first-order valence-electron chi connectivity index (χ1n) is 6.52. The Labute approximate surface area is 110 Å². The van der Waals surface area contributed by atoms with Crippen LogP contribution >= 0.6 is 0 Å². The Morgan fingerprint density at radius 1 is 1.39 bits per heavy atom. The molecule has 1 rings (SSSR count). The van der Waals surface area contributed by atoms with Crippen LogP contribution in [0.1, 0.15) is 39.7 Å². The van der Waals surface area contributed by atoms with Gasteiger partial charge in [0, 0.05) is 18.2 Å². The van der Waals surface area contributed by atoms with Crippen LogP contribution < -0.4 is 10.1 Å². The molecule has 102 valence electrons. The molecule has 3 heteroatoms. The minimum absolute atomic E-state index is 0.0120. The molecule has 0 spiro atoms. The SMILES string of the molecule is CCC(C)(C)NCC(C)Oc1ccc(C)c(F)c1. The molecule has 2 nitrogen and oxygen atoms in total. The molecule has 0 aliphatic heterocycles. The van der Waals surface area contributed by atoms with Crippen LogP contribution in [0, 0.1) is 12.7 Å². The van der Waals surface area contributed by atoms with Crippen molar-refractivity contribution in [3.8, 4) is 5.75 Å². The van der Waals surface area contributed by atoms with E-state index in [1.165, 1.54) is 6.07 Å². The molecule has 0 fully saturated rings. The molecule has 0 aliphatic rings. The molecule has 1 atom stereocenters. The van der Waals surface area contributed by atoms with Gasteiger partial charge in [0.25, 0.3) is 0 Å². The minimum atomic E-state index is -0.221. The Hall–Kier alpha value is -1.09. The summed E-state index contributed by atoms with van der Waals surface area (Å²) >= 11 is 0. The van der Waals surface area contributed by atoms with Gasteiger partial charge in [0.15, 0.2) is 0 Å². The predicted octanol–water partition coefficient (Wildman–Crippen LogP) is 3.68. The lowest BCUT2D eigenvalue weighted by molar-refractivity contribution is 0.198. The third kappa shape index (κ3) is 4.65. The number of hydrogen-bond acceptors (Lipinski definition) is 2. The fraction of sp³-hybridized carbons (Fsp3) is 0.600. The van der Waals surface area contributed by atoms with Gasteiger partial charge in [0.1, 0.15) is 17.7 Å². The maximum Gasteiger partial charge on any atom is 0.129 e. The van der Waals surface area contributed by atoms with Crippen LogP contribution in [0.3, 0.4) is 0 Å². The summed E-state index contributed by atoms with van der Waals surface area (Å²) in [6, 6.07) is 4.98. The fourth-order valence-electron chi connectivity index (χ4n) is 1.47. The Morgan fingerprint density at radius 2 is 2.06 bits per heavy atom. The van der Waals surface area contributed by atoms with Crippen LogP contribution in [-0.2, 0) is 0 Å². The minimum Gasteiger partial charge on any atom is -0.489 e. The highest BCUT2D eigenvalue weighted by atomic mass is 19.1. The Balaban J connectivity index is 2.49. The van der Waals surface area contributed by atoms with Gasteiger partial charge in [-0.05, 0) is 45.7 Å². The normalized spacial score (nSPS) is 13.4. The molecule has 0 heterocycles. The summed E-state index contributed by atoms with van der Waals surface area (Å²) in [5.74, 6) is 0.364. The van der Waals surface area contributed by atoms with Crippen LogP contribution in [-0.4, -0.2) is 18.2 Å². The van der Waals surface area contributed by atoms with E-state index in [9.17, 15) is 4.39 Å². The summed E-state index contributed by atoms with van der Waals surface area (Å²) in [5.41, 5.74) is 0.746. The third-order valence-electron chi connectivity index (χ3n) is 3.23. The van der Waals surface area contributed by atoms with E-state index in [-0.39, 0.29) is 17.5 Å². The highest BCUT2D eigenvalue weighted by Gasteiger charge is 2.15. The Morgan fingerprint density at radius 3 is 2.61 bits per heavy atom. The molecule has 0 radical (unpaired) electrons. The zero-order chi connectivity index (χ0) is 13.8. The summed E-state index contributed by atoms with van der Waals surface area (Å²) in [7, 11) is 0.